The Morgan fingerprint density at radius 3 is 2.47 bits per heavy atom. The maximum atomic E-state index is 12.3. The van der Waals surface area contributed by atoms with Crippen LogP contribution >= 0.6 is 0 Å². The monoisotopic (exact) mass is 257 g/mol. The Hall–Kier alpha value is -2.36. The van der Waals surface area contributed by atoms with E-state index in [-0.39, 0.29) is 28.7 Å². The molecule has 0 radical (unpaired) electrons. The standard InChI is InChI=1S/C15H15NO3/c1-10(2)16-9-11(7-8-14(16)18)15(19)12-5-3-4-6-13(12)17/h3-10,17H,1-2H3. The van der Waals surface area contributed by atoms with Gasteiger partial charge in [0.05, 0.1) is 5.56 Å². The highest BCUT2D eigenvalue weighted by Gasteiger charge is 2.14. The van der Waals surface area contributed by atoms with Gasteiger partial charge in [-0.25, -0.2) is 0 Å². The highest BCUT2D eigenvalue weighted by Crippen LogP contribution is 2.19. The van der Waals surface area contributed by atoms with Crippen LogP contribution in [-0.4, -0.2) is 15.5 Å². The molecule has 2 aromatic rings. The number of carbonyl (C=O) groups excluding carboxylic acids is 1. The molecular weight excluding hydrogens is 242 g/mol. The summed E-state index contributed by atoms with van der Waals surface area (Å²) < 4.78 is 1.49. The van der Waals surface area contributed by atoms with E-state index < -0.39 is 0 Å². The number of aromatic hydroxyl groups is 1. The van der Waals surface area contributed by atoms with Gasteiger partial charge in [0.1, 0.15) is 5.75 Å². The molecule has 0 fully saturated rings. The average Bonchev–Trinajstić information content (AvgIpc) is 2.38. The van der Waals surface area contributed by atoms with Crippen LogP contribution in [0.1, 0.15) is 35.8 Å². The molecule has 0 aliphatic heterocycles. The molecule has 98 valence electrons. The molecule has 19 heavy (non-hydrogen) atoms. The lowest BCUT2D eigenvalue weighted by atomic mass is 10.0. The number of hydrogen-bond donors (Lipinski definition) is 1. The van der Waals surface area contributed by atoms with Crippen LogP contribution in [-0.2, 0) is 0 Å². The number of ketones is 1. The van der Waals surface area contributed by atoms with Gasteiger partial charge < -0.3 is 9.67 Å². The first-order chi connectivity index (χ1) is 9.00. The number of pyridine rings is 1. The molecule has 0 aliphatic rings. The highest BCUT2D eigenvalue weighted by atomic mass is 16.3. The van der Waals surface area contributed by atoms with E-state index in [2.05, 4.69) is 0 Å². The maximum absolute atomic E-state index is 12.3. The molecule has 1 aromatic carbocycles. The van der Waals surface area contributed by atoms with Gasteiger partial charge in [0.25, 0.3) is 5.56 Å². The summed E-state index contributed by atoms with van der Waals surface area (Å²) in [5.41, 5.74) is 0.468. The van der Waals surface area contributed by atoms with Crippen LogP contribution in [0.3, 0.4) is 0 Å². The minimum Gasteiger partial charge on any atom is -0.507 e. The van der Waals surface area contributed by atoms with Crippen LogP contribution in [0.15, 0.2) is 47.4 Å². The Morgan fingerprint density at radius 1 is 1.16 bits per heavy atom. The number of benzene rings is 1. The molecule has 1 heterocycles. The molecule has 0 spiro atoms. The van der Waals surface area contributed by atoms with E-state index in [1.165, 1.54) is 29.0 Å². The van der Waals surface area contributed by atoms with Crippen LogP contribution in [0.5, 0.6) is 5.75 Å². The molecule has 4 heteroatoms. The van der Waals surface area contributed by atoms with Crippen molar-refractivity contribution in [3.8, 4) is 5.75 Å². The molecule has 0 aliphatic carbocycles. The molecule has 2 rings (SSSR count). The smallest absolute Gasteiger partial charge is 0.250 e. The molecule has 0 saturated heterocycles. The van der Waals surface area contributed by atoms with E-state index in [0.717, 1.165) is 0 Å². The maximum Gasteiger partial charge on any atom is 0.250 e. The van der Waals surface area contributed by atoms with Crippen LogP contribution in [0.2, 0.25) is 0 Å². The van der Waals surface area contributed by atoms with Gasteiger partial charge in [0.15, 0.2) is 5.78 Å². The van der Waals surface area contributed by atoms with Crippen LogP contribution in [0.4, 0.5) is 0 Å². The lowest BCUT2D eigenvalue weighted by molar-refractivity contribution is 0.103. The van der Waals surface area contributed by atoms with Crippen molar-refractivity contribution in [3.63, 3.8) is 0 Å². The second-order valence-corrected chi connectivity index (χ2v) is 4.60. The van der Waals surface area contributed by atoms with E-state index in [9.17, 15) is 14.7 Å². The largest absolute Gasteiger partial charge is 0.507 e. The van der Waals surface area contributed by atoms with Gasteiger partial charge in [0, 0.05) is 23.9 Å². The predicted octanol–water partition coefficient (Wildman–Crippen LogP) is 2.37. The van der Waals surface area contributed by atoms with Gasteiger partial charge in [-0.15, -0.1) is 0 Å². The molecule has 0 unspecified atom stereocenters. The van der Waals surface area contributed by atoms with E-state index in [1.807, 2.05) is 13.8 Å². The van der Waals surface area contributed by atoms with Crippen molar-refractivity contribution in [2.24, 2.45) is 0 Å². The number of para-hydroxylation sites is 1. The van der Waals surface area contributed by atoms with E-state index in [1.54, 1.807) is 18.2 Å². The summed E-state index contributed by atoms with van der Waals surface area (Å²) in [5.74, 6) is -0.359. The Bertz CT molecular complexity index is 671. The molecule has 4 nitrogen and oxygen atoms in total. The Labute approximate surface area is 110 Å². The molecular formula is C15H15NO3. The lowest BCUT2D eigenvalue weighted by Crippen LogP contribution is -2.21. The van der Waals surface area contributed by atoms with Crippen molar-refractivity contribution in [2.45, 2.75) is 19.9 Å². The van der Waals surface area contributed by atoms with Crippen LogP contribution in [0, 0.1) is 0 Å². The fourth-order valence-electron chi connectivity index (χ4n) is 1.86. The summed E-state index contributed by atoms with van der Waals surface area (Å²) in [6.45, 7) is 3.74. The molecule has 0 bridgehead atoms. The van der Waals surface area contributed by atoms with Crippen LogP contribution in [0.25, 0.3) is 0 Å². The first-order valence-corrected chi connectivity index (χ1v) is 6.05. The highest BCUT2D eigenvalue weighted by molar-refractivity contribution is 6.10. The number of phenols is 1. The van der Waals surface area contributed by atoms with Crippen LogP contribution < -0.4 is 5.56 Å². The third kappa shape index (κ3) is 2.57. The number of carbonyl (C=O) groups is 1. The van der Waals surface area contributed by atoms with Crippen molar-refractivity contribution in [2.75, 3.05) is 0 Å². The minimum atomic E-state index is -0.299. The molecule has 0 saturated carbocycles. The second-order valence-electron chi connectivity index (χ2n) is 4.60. The van der Waals surface area contributed by atoms with Crippen molar-refractivity contribution < 1.29 is 9.90 Å². The Balaban J connectivity index is 2.49. The number of phenolic OH excluding ortho intramolecular Hbond substituents is 1. The number of aromatic nitrogens is 1. The lowest BCUT2D eigenvalue weighted by Gasteiger charge is -2.11. The zero-order valence-corrected chi connectivity index (χ0v) is 10.8. The summed E-state index contributed by atoms with van der Waals surface area (Å²) in [7, 11) is 0. The summed E-state index contributed by atoms with van der Waals surface area (Å²) in [6, 6.07) is 9.19. The normalized spacial score (nSPS) is 10.7. The third-order valence-electron chi connectivity index (χ3n) is 2.91. The number of nitrogens with zero attached hydrogens (tertiary/aromatic N) is 1. The zero-order chi connectivity index (χ0) is 14.0. The second kappa shape index (κ2) is 5.10. The van der Waals surface area contributed by atoms with Gasteiger partial charge >= 0.3 is 0 Å². The summed E-state index contributed by atoms with van der Waals surface area (Å²) in [5, 5.41) is 9.69. The van der Waals surface area contributed by atoms with E-state index in [0.29, 0.717) is 5.56 Å². The first-order valence-electron chi connectivity index (χ1n) is 6.05. The van der Waals surface area contributed by atoms with Gasteiger partial charge in [-0.2, -0.15) is 0 Å². The Kier molecular flexibility index (Phi) is 3.51. The average molecular weight is 257 g/mol. The van der Waals surface area contributed by atoms with Crippen molar-refractivity contribution in [1.29, 1.82) is 0 Å². The topological polar surface area (TPSA) is 59.3 Å². The molecule has 1 aromatic heterocycles. The first kappa shape index (κ1) is 13.1. The fourth-order valence-corrected chi connectivity index (χ4v) is 1.86. The molecule has 1 N–H and O–H groups in total. The quantitative estimate of drug-likeness (QED) is 0.859. The minimum absolute atomic E-state index is 0.0235. The van der Waals surface area contributed by atoms with Crippen molar-refractivity contribution in [3.05, 3.63) is 64.1 Å². The summed E-state index contributed by atoms with van der Waals surface area (Å²) in [4.78, 5) is 23.9. The summed E-state index contributed by atoms with van der Waals surface area (Å²) >= 11 is 0. The summed E-state index contributed by atoms with van der Waals surface area (Å²) in [6.07, 6.45) is 1.53. The van der Waals surface area contributed by atoms with Crippen molar-refractivity contribution >= 4 is 5.78 Å². The fraction of sp³-hybridized carbons (Fsp3) is 0.200. The van der Waals surface area contributed by atoms with E-state index in [4.69, 9.17) is 0 Å². The van der Waals surface area contributed by atoms with Gasteiger partial charge in [-0.05, 0) is 32.0 Å². The van der Waals surface area contributed by atoms with E-state index >= 15 is 0 Å². The predicted molar refractivity (Wildman–Crippen MR) is 72.6 cm³/mol. The van der Waals surface area contributed by atoms with Gasteiger partial charge in [0.2, 0.25) is 0 Å². The number of rotatable bonds is 3. The zero-order valence-electron chi connectivity index (χ0n) is 10.8. The van der Waals surface area contributed by atoms with Gasteiger partial charge in [-0.3, -0.25) is 9.59 Å². The van der Waals surface area contributed by atoms with Crippen molar-refractivity contribution in [1.82, 2.24) is 4.57 Å². The third-order valence-corrected chi connectivity index (χ3v) is 2.91. The number of hydrogen-bond acceptors (Lipinski definition) is 3. The van der Waals surface area contributed by atoms with Gasteiger partial charge in [-0.1, -0.05) is 12.1 Å². The molecule has 0 amide bonds. The Morgan fingerprint density at radius 2 is 1.84 bits per heavy atom. The molecule has 0 atom stereocenters. The SMILES string of the molecule is CC(C)n1cc(C(=O)c2ccccc2O)ccc1=O.